The molecule has 0 unspecified atom stereocenters. The topological polar surface area (TPSA) is 26.3 Å². The number of ketones is 1. The molecule has 2 aromatic rings. The summed E-state index contributed by atoms with van der Waals surface area (Å²) in [6.45, 7) is 2.92. The maximum atomic E-state index is 11.9. The molecule has 2 aromatic carbocycles. The molecule has 1 aliphatic heterocycles. The van der Waals surface area contributed by atoms with Gasteiger partial charge in [0, 0.05) is 5.56 Å². The first-order valence-electron chi connectivity index (χ1n) is 8.24. The molecular weight excluding hydrogens is 284 g/mol. The van der Waals surface area contributed by atoms with Crippen molar-refractivity contribution in [3.8, 4) is 0 Å². The number of aryl methyl sites for hydroxylation is 2. The van der Waals surface area contributed by atoms with E-state index in [0.717, 1.165) is 36.0 Å². The molecule has 0 bridgehead atoms. The Morgan fingerprint density at radius 3 is 2.61 bits per heavy atom. The van der Waals surface area contributed by atoms with E-state index in [2.05, 4.69) is 43.3 Å². The predicted molar refractivity (Wildman–Crippen MR) is 93.6 cm³/mol. The average Bonchev–Trinajstić information content (AvgIpc) is 2.60. The van der Waals surface area contributed by atoms with E-state index in [0.29, 0.717) is 6.61 Å². The van der Waals surface area contributed by atoms with Gasteiger partial charge in [0.1, 0.15) is 6.61 Å². The molecule has 0 radical (unpaired) electrons. The van der Waals surface area contributed by atoms with Gasteiger partial charge in [-0.2, -0.15) is 0 Å². The highest BCUT2D eigenvalue weighted by molar-refractivity contribution is 5.99. The van der Waals surface area contributed by atoms with Crippen LogP contribution in [0.2, 0.25) is 0 Å². The first-order chi connectivity index (χ1) is 11.3. The van der Waals surface area contributed by atoms with Crippen molar-refractivity contribution in [1.29, 1.82) is 0 Å². The Balaban J connectivity index is 1.59. The van der Waals surface area contributed by atoms with Gasteiger partial charge in [-0.05, 0) is 47.6 Å². The Hall–Kier alpha value is -2.19. The number of Topliss-reactive ketones (excluding diaryl/α,β-unsaturated/α-hetero) is 1. The van der Waals surface area contributed by atoms with Crippen LogP contribution >= 0.6 is 0 Å². The Morgan fingerprint density at radius 1 is 1.04 bits per heavy atom. The zero-order valence-electron chi connectivity index (χ0n) is 13.5. The number of hydrogen-bond acceptors (Lipinski definition) is 2. The van der Waals surface area contributed by atoms with Crippen molar-refractivity contribution < 1.29 is 9.53 Å². The lowest BCUT2D eigenvalue weighted by molar-refractivity contribution is 0.0665. The zero-order valence-corrected chi connectivity index (χ0v) is 13.5. The number of carbonyl (C=O) groups is 1. The largest absolute Gasteiger partial charge is 0.369 e. The summed E-state index contributed by atoms with van der Waals surface area (Å²) in [4.78, 5) is 11.9. The summed E-state index contributed by atoms with van der Waals surface area (Å²) in [5.74, 6) is 0.0810. The van der Waals surface area contributed by atoms with Gasteiger partial charge >= 0.3 is 0 Å². The number of ether oxygens (including phenoxy) is 1. The summed E-state index contributed by atoms with van der Waals surface area (Å²) in [6.07, 6.45) is 7.41. The summed E-state index contributed by atoms with van der Waals surface area (Å²) in [5, 5.41) is 0. The van der Waals surface area contributed by atoms with Crippen LogP contribution in [0.3, 0.4) is 0 Å². The van der Waals surface area contributed by atoms with Crippen LogP contribution < -0.4 is 0 Å². The fourth-order valence-corrected chi connectivity index (χ4v) is 2.83. The molecule has 0 spiro atoms. The van der Waals surface area contributed by atoms with Crippen LogP contribution in [-0.4, -0.2) is 12.4 Å². The monoisotopic (exact) mass is 306 g/mol. The molecule has 2 heteroatoms. The maximum Gasteiger partial charge on any atom is 0.188 e. The van der Waals surface area contributed by atoms with Crippen molar-refractivity contribution in [2.45, 2.75) is 32.8 Å². The van der Waals surface area contributed by atoms with Gasteiger partial charge in [-0.3, -0.25) is 4.79 Å². The smallest absolute Gasteiger partial charge is 0.188 e. The lowest BCUT2D eigenvalue weighted by Gasteiger charge is -2.15. The number of allylic oxidation sites excluding steroid dienone is 1. The number of carbonyl (C=O) groups excluding carboxylic acids is 1. The normalized spacial score (nSPS) is 14.2. The van der Waals surface area contributed by atoms with Crippen molar-refractivity contribution in [2.75, 3.05) is 6.61 Å². The Kier molecular flexibility index (Phi) is 5.04. The number of fused-ring (bicyclic) bond motifs is 1. The summed E-state index contributed by atoms with van der Waals surface area (Å²) in [5.41, 5.74) is 5.64. The summed E-state index contributed by atoms with van der Waals surface area (Å²) < 4.78 is 5.24. The third kappa shape index (κ3) is 3.96. The predicted octanol–water partition coefficient (Wildman–Crippen LogP) is 4.61. The highest BCUT2D eigenvalue weighted by Gasteiger charge is 2.17. The van der Waals surface area contributed by atoms with E-state index in [4.69, 9.17) is 4.74 Å². The lowest BCUT2D eigenvalue weighted by Crippen LogP contribution is -2.17. The third-order valence-corrected chi connectivity index (χ3v) is 4.27. The standard InChI is InChI=1S/C21H22O2/c1-2-16-7-9-17(10-8-16)5-3-4-6-18-11-12-19-14-23-15-21(22)20(19)13-18/h4,6-13H,2-3,5,14-15H2,1H3. The quantitative estimate of drug-likeness (QED) is 0.806. The summed E-state index contributed by atoms with van der Waals surface area (Å²) in [6, 6.07) is 14.9. The van der Waals surface area contributed by atoms with E-state index in [-0.39, 0.29) is 12.4 Å². The molecule has 0 aliphatic carbocycles. The lowest BCUT2D eigenvalue weighted by atomic mass is 9.99. The zero-order chi connectivity index (χ0) is 16.1. The number of hydrogen-bond donors (Lipinski definition) is 0. The second kappa shape index (κ2) is 7.38. The molecule has 2 nitrogen and oxygen atoms in total. The first-order valence-corrected chi connectivity index (χ1v) is 8.24. The SMILES string of the molecule is CCc1ccc(CCC=Cc2ccc3c(c2)C(=O)COC3)cc1. The van der Waals surface area contributed by atoms with Crippen LogP contribution in [0.25, 0.3) is 6.08 Å². The highest BCUT2D eigenvalue weighted by Crippen LogP contribution is 2.19. The van der Waals surface area contributed by atoms with Crippen molar-refractivity contribution >= 4 is 11.9 Å². The molecule has 118 valence electrons. The summed E-state index contributed by atoms with van der Waals surface area (Å²) in [7, 11) is 0. The first kappa shape index (κ1) is 15.7. The van der Waals surface area contributed by atoms with Crippen LogP contribution in [-0.2, 0) is 24.2 Å². The molecule has 0 fully saturated rings. The van der Waals surface area contributed by atoms with Crippen molar-refractivity contribution in [1.82, 2.24) is 0 Å². The van der Waals surface area contributed by atoms with E-state index in [1.807, 2.05) is 18.2 Å². The molecule has 0 aromatic heterocycles. The number of benzene rings is 2. The Bertz CT molecular complexity index is 711. The van der Waals surface area contributed by atoms with Crippen LogP contribution in [0.4, 0.5) is 0 Å². The van der Waals surface area contributed by atoms with Gasteiger partial charge in [0.05, 0.1) is 6.61 Å². The van der Waals surface area contributed by atoms with Gasteiger partial charge in [-0.15, -0.1) is 0 Å². The third-order valence-electron chi connectivity index (χ3n) is 4.27. The molecule has 0 amide bonds. The molecule has 3 rings (SSSR count). The van der Waals surface area contributed by atoms with E-state index in [9.17, 15) is 4.79 Å². The molecule has 0 N–H and O–H groups in total. The van der Waals surface area contributed by atoms with E-state index < -0.39 is 0 Å². The fourth-order valence-electron chi connectivity index (χ4n) is 2.83. The fraction of sp³-hybridized carbons (Fsp3) is 0.286. The molecule has 0 atom stereocenters. The van der Waals surface area contributed by atoms with Crippen molar-refractivity contribution in [3.05, 3.63) is 76.4 Å². The minimum Gasteiger partial charge on any atom is -0.369 e. The molecule has 0 saturated heterocycles. The van der Waals surface area contributed by atoms with Crippen molar-refractivity contribution in [3.63, 3.8) is 0 Å². The van der Waals surface area contributed by atoms with Gasteiger partial charge in [-0.1, -0.05) is 55.5 Å². The molecule has 1 aliphatic rings. The highest BCUT2D eigenvalue weighted by atomic mass is 16.5. The Morgan fingerprint density at radius 2 is 1.83 bits per heavy atom. The summed E-state index contributed by atoms with van der Waals surface area (Å²) >= 11 is 0. The minimum atomic E-state index is 0.0810. The van der Waals surface area contributed by atoms with Crippen LogP contribution in [0.15, 0.2) is 48.5 Å². The van der Waals surface area contributed by atoms with Gasteiger partial charge in [-0.25, -0.2) is 0 Å². The molecule has 1 heterocycles. The van der Waals surface area contributed by atoms with Crippen molar-refractivity contribution in [2.24, 2.45) is 0 Å². The van der Waals surface area contributed by atoms with Crippen LogP contribution in [0, 0.1) is 0 Å². The maximum absolute atomic E-state index is 11.9. The molecular formula is C21H22O2. The van der Waals surface area contributed by atoms with Gasteiger partial charge in [0.2, 0.25) is 0 Å². The van der Waals surface area contributed by atoms with E-state index in [1.165, 1.54) is 11.1 Å². The average molecular weight is 306 g/mol. The number of rotatable bonds is 5. The van der Waals surface area contributed by atoms with Crippen LogP contribution in [0.5, 0.6) is 0 Å². The Labute approximate surface area is 137 Å². The minimum absolute atomic E-state index is 0.0810. The second-order valence-electron chi connectivity index (χ2n) is 5.94. The van der Waals surface area contributed by atoms with E-state index in [1.54, 1.807) is 0 Å². The molecule has 0 saturated carbocycles. The molecule has 23 heavy (non-hydrogen) atoms. The van der Waals surface area contributed by atoms with Crippen LogP contribution in [0.1, 0.15) is 46.0 Å². The van der Waals surface area contributed by atoms with E-state index >= 15 is 0 Å². The van der Waals surface area contributed by atoms with Gasteiger partial charge in [0.15, 0.2) is 5.78 Å². The van der Waals surface area contributed by atoms with Gasteiger partial charge < -0.3 is 4.74 Å². The second-order valence-corrected chi connectivity index (χ2v) is 5.94. The van der Waals surface area contributed by atoms with Gasteiger partial charge in [0.25, 0.3) is 0 Å².